The highest BCUT2D eigenvalue weighted by atomic mass is 16.6. The van der Waals surface area contributed by atoms with E-state index in [1.54, 1.807) is 6.92 Å². The molecule has 0 radical (unpaired) electrons. The summed E-state index contributed by atoms with van der Waals surface area (Å²) in [4.78, 5) is 32.2. The number of nitro groups is 1. The predicted octanol–water partition coefficient (Wildman–Crippen LogP) is 1.87. The minimum absolute atomic E-state index is 0.107. The van der Waals surface area contributed by atoms with Gasteiger partial charge in [0, 0.05) is 18.6 Å². The summed E-state index contributed by atoms with van der Waals surface area (Å²) < 4.78 is 4.75. The van der Waals surface area contributed by atoms with Gasteiger partial charge in [-0.15, -0.1) is 0 Å². The molecule has 6 heteroatoms. The van der Waals surface area contributed by atoms with Crippen LogP contribution in [0.4, 0.5) is 5.69 Å². The van der Waals surface area contributed by atoms with Crippen molar-refractivity contribution >= 4 is 17.4 Å². The summed E-state index contributed by atoms with van der Waals surface area (Å²) in [6.45, 7) is 1.77. The van der Waals surface area contributed by atoms with Gasteiger partial charge in [0.25, 0.3) is 5.69 Å². The van der Waals surface area contributed by atoms with Crippen LogP contribution in [0.3, 0.4) is 0 Å². The molecule has 0 heterocycles. The fourth-order valence-corrected chi connectivity index (χ4v) is 1.13. The molecule has 0 saturated carbocycles. The van der Waals surface area contributed by atoms with E-state index in [0.717, 1.165) is 0 Å². The first-order valence-corrected chi connectivity index (χ1v) is 5.04. The number of ketones is 1. The maximum atomic E-state index is 11.2. The van der Waals surface area contributed by atoms with Gasteiger partial charge < -0.3 is 4.74 Å². The Morgan fingerprint density at radius 3 is 2.35 bits per heavy atom. The first kappa shape index (κ1) is 12.8. The van der Waals surface area contributed by atoms with E-state index in [9.17, 15) is 19.7 Å². The average molecular weight is 237 g/mol. The van der Waals surface area contributed by atoms with Gasteiger partial charge in [-0.3, -0.25) is 14.9 Å². The minimum atomic E-state index is -0.944. The Morgan fingerprint density at radius 2 is 1.88 bits per heavy atom. The highest BCUT2D eigenvalue weighted by Gasteiger charge is 2.15. The second-order valence-electron chi connectivity index (χ2n) is 3.31. The van der Waals surface area contributed by atoms with Crippen LogP contribution in [-0.4, -0.2) is 16.7 Å². The van der Waals surface area contributed by atoms with Crippen LogP contribution in [-0.2, 0) is 9.59 Å². The highest BCUT2D eigenvalue weighted by Crippen LogP contribution is 2.17. The fourth-order valence-electron chi connectivity index (χ4n) is 1.13. The summed E-state index contributed by atoms with van der Waals surface area (Å²) in [5.74, 6) is -1.43. The number of nitro benzene ring substituents is 1. The standard InChI is InChI=1S/C11H11NO5/c1-2-3-10(13)11(14)17-9-6-4-8(5-7-9)12(15)16/h4-7H,2-3H2,1H3. The van der Waals surface area contributed by atoms with E-state index in [1.807, 2.05) is 0 Å². The van der Waals surface area contributed by atoms with Crippen molar-refractivity contribution in [3.63, 3.8) is 0 Å². The third kappa shape index (κ3) is 3.67. The number of Topliss-reactive ketones (excluding diaryl/α,β-unsaturated/α-hetero) is 1. The van der Waals surface area contributed by atoms with Crippen molar-refractivity contribution in [1.82, 2.24) is 0 Å². The van der Waals surface area contributed by atoms with Crippen molar-refractivity contribution in [2.24, 2.45) is 0 Å². The van der Waals surface area contributed by atoms with E-state index in [2.05, 4.69) is 0 Å². The van der Waals surface area contributed by atoms with Crippen molar-refractivity contribution in [3.05, 3.63) is 34.4 Å². The maximum Gasteiger partial charge on any atom is 0.379 e. The van der Waals surface area contributed by atoms with E-state index in [-0.39, 0.29) is 17.9 Å². The zero-order valence-corrected chi connectivity index (χ0v) is 9.21. The summed E-state index contributed by atoms with van der Waals surface area (Å²) in [5.41, 5.74) is -0.107. The van der Waals surface area contributed by atoms with Crippen molar-refractivity contribution in [1.29, 1.82) is 0 Å². The lowest BCUT2D eigenvalue weighted by atomic mass is 10.2. The van der Waals surface area contributed by atoms with Gasteiger partial charge in [0.05, 0.1) is 4.92 Å². The zero-order valence-electron chi connectivity index (χ0n) is 9.21. The molecule has 0 aliphatic heterocycles. The molecule has 0 fully saturated rings. The summed E-state index contributed by atoms with van der Waals surface area (Å²) in [6, 6.07) is 4.95. The van der Waals surface area contributed by atoms with Crippen molar-refractivity contribution in [3.8, 4) is 5.75 Å². The van der Waals surface area contributed by atoms with E-state index in [1.165, 1.54) is 24.3 Å². The Balaban J connectivity index is 2.66. The molecule has 90 valence electrons. The van der Waals surface area contributed by atoms with Gasteiger partial charge in [0.15, 0.2) is 0 Å². The number of hydrogen-bond donors (Lipinski definition) is 0. The molecule has 0 N–H and O–H groups in total. The second kappa shape index (κ2) is 5.74. The number of ether oxygens (including phenoxy) is 1. The second-order valence-corrected chi connectivity index (χ2v) is 3.31. The largest absolute Gasteiger partial charge is 0.421 e. The molecule has 0 aromatic heterocycles. The molecule has 0 bridgehead atoms. The molecule has 0 atom stereocenters. The van der Waals surface area contributed by atoms with Crippen molar-refractivity contribution in [2.75, 3.05) is 0 Å². The van der Waals surface area contributed by atoms with Crippen LogP contribution in [0.1, 0.15) is 19.8 Å². The van der Waals surface area contributed by atoms with Crippen LogP contribution in [0.2, 0.25) is 0 Å². The maximum absolute atomic E-state index is 11.2. The minimum Gasteiger partial charge on any atom is -0.421 e. The van der Waals surface area contributed by atoms with Gasteiger partial charge in [-0.2, -0.15) is 0 Å². The SMILES string of the molecule is CCCC(=O)C(=O)Oc1ccc([N+](=O)[O-])cc1. The van der Waals surface area contributed by atoms with E-state index in [0.29, 0.717) is 6.42 Å². The first-order chi connectivity index (χ1) is 8.04. The fraction of sp³-hybridized carbons (Fsp3) is 0.273. The van der Waals surface area contributed by atoms with Crippen LogP contribution in [0, 0.1) is 10.1 Å². The number of carbonyl (C=O) groups is 2. The lowest BCUT2D eigenvalue weighted by molar-refractivity contribution is -0.384. The molecule has 1 rings (SSSR count). The van der Waals surface area contributed by atoms with Crippen LogP contribution < -0.4 is 4.74 Å². The molecular formula is C11H11NO5. The number of esters is 1. The Morgan fingerprint density at radius 1 is 1.29 bits per heavy atom. The topological polar surface area (TPSA) is 86.5 Å². The molecule has 0 amide bonds. The van der Waals surface area contributed by atoms with Gasteiger partial charge in [-0.25, -0.2) is 4.79 Å². The molecule has 0 aliphatic carbocycles. The quantitative estimate of drug-likeness (QED) is 0.256. The lowest BCUT2D eigenvalue weighted by Gasteiger charge is -2.02. The lowest BCUT2D eigenvalue weighted by Crippen LogP contribution is -2.19. The van der Waals surface area contributed by atoms with E-state index in [4.69, 9.17) is 4.74 Å². The molecule has 0 spiro atoms. The molecule has 0 saturated heterocycles. The number of nitrogens with zero attached hydrogens (tertiary/aromatic N) is 1. The van der Waals surface area contributed by atoms with Gasteiger partial charge in [-0.1, -0.05) is 6.92 Å². The molecule has 0 aliphatic rings. The summed E-state index contributed by atoms with van der Waals surface area (Å²) in [7, 11) is 0. The monoisotopic (exact) mass is 237 g/mol. The van der Waals surface area contributed by atoms with Crippen molar-refractivity contribution in [2.45, 2.75) is 19.8 Å². The van der Waals surface area contributed by atoms with Crippen LogP contribution in [0.15, 0.2) is 24.3 Å². The number of rotatable bonds is 5. The van der Waals surface area contributed by atoms with Gasteiger partial charge in [0.1, 0.15) is 5.75 Å². The molecule has 1 aromatic rings. The Labute approximate surface area is 97.3 Å². The van der Waals surface area contributed by atoms with Crippen LogP contribution >= 0.6 is 0 Å². The number of benzene rings is 1. The molecule has 1 aromatic carbocycles. The van der Waals surface area contributed by atoms with E-state index < -0.39 is 16.7 Å². The predicted molar refractivity (Wildman–Crippen MR) is 58.6 cm³/mol. The molecule has 6 nitrogen and oxygen atoms in total. The number of carbonyl (C=O) groups excluding carboxylic acids is 2. The Kier molecular flexibility index (Phi) is 4.33. The third-order valence-electron chi connectivity index (χ3n) is 1.96. The third-order valence-corrected chi connectivity index (χ3v) is 1.96. The normalized spacial score (nSPS) is 9.71. The molecule has 0 unspecified atom stereocenters. The van der Waals surface area contributed by atoms with Crippen LogP contribution in [0.25, 0.3) is 0 Å². The van der Waals surface area contributed by atoms with Gasteiger partial charge in [-0.05, 0) is 18.6 Å². The smallest absolute Gasteiger partial charge is 0.379 e. The van der Waals surface area contributed by atoms with Crippen molar-refractivity contribution < 1.29 is 19.2 Å². The van der Waals surface area contributed by atoms with Gasteiger partial charge >= 0.3 is 5.97 Å². The van der Waals surface area contributed by atoms with Crippen LogP contribution in [0.5, 0.6) is 5.75 Å². The number of hydrogen-bond acceptors (Lipinski definition) is 5. The Bertz CT molecular complexity index is 438. The zero-order chi connectivity index (χ0) is 12.8. The Hall–Kier alpha value is -2.24. The first-order valence-electron chi connectivity index (χ1n) is 5.04. The average Bonchev–Trinajstić information content (AvgIpc) is 2.30. The summed E-state index contributed by atoms with van der Waals surface area (Å²) >= 11 is 0. The number of non-ortho nitro benzene ring substituents is 1. The summed E-state index contributed by atoms with van der Waals surface area (Å²) in [6.07, 6.45) is 0.694. The highest BCUT2D eigenvalue weighted by molar-refractivity contribution is 6.34. The van der Waals surface area contributed by atoms with E-state index >= 15 is 0 Å². The molecular weight excluding hydrogens is 226 g/mol. The van der Waals surface area contributed by atoms with Gasteiger partial charge in [0.2, 0.25) is 5.78 Å². The molecule has 17 heavy (non-hydrogen) atoms. The summed E-state index contributed by atoms with van der Waals surface area (Å²) in [5, 5.41) is 10.4.